The monoisotopic (exact) mass is 431 g/mol. The molecule has 1 aromatic heterocycles. The molecule has 3 heterocycles. The van der Waals surface area contributed by atoms with Gasteiger partial charge in [-0.15, -0.1) is 0 Å². The molecule has 10 heteroatoms. The van der Waals surface area contributed by atoms with Crippen molar-refractivity contribution in [1.29, 1.82) is 0 Å². The molecule has 10 nitrogen and oxygen atoms in total. The summed E-state index contributed by atoms with van der Waals surface area (Å²) in [6, 6.07) is 10.1. The Kier molecular flexibility index (Phi) is 9.50. The van der Waals surface area contributed by atoms with Crippen molar-refractivity contribution >= 4 is 24.5 Å². The SMILES string of the molecule is O=C(N1CCC1)C1(Nc2ccccc2)CCN(Cc2cn[nH]c2)CC1.O=CO.O=CO. The van der Waals surface area contributed by atoms with Gasteiger partial charge in [0.1, 0.15) is 5.54 Å². The number of nitrogens with one attached hydrogen (secondary N) is 2. The van der Waals surface area contributed by atoms with Crippen molar-refractivity contribution in [2.24, 2.45) is 0 Å². The number of benzene rings is 1. The van der Waals surface area contributed by atoms with E-state index in [1.807, 2.05) is 47.6 Å². The molecule has 168 valence electrons. The van der Waals surface area contributed by atoms with Crippen molar-refractivity contribution in [1.82, 2.24) is 20.0 Å². The number of piperidine rings is 1. The summed E-state index contributed by atoms with van der Waals surface area (Å²) in [6.07, 6.45) is 6.59. The van der Waals surface area contributed by atoms with E-state index in [9.17, 15) is 4.79 Å². The molecule has 0 atom stereocenters. The van der Waals surface area contributed by atoms with Gasteiger partial charge in [-0.1, -0.05) is 18.2 Å². The summed E-state index contributed by atoms with van der Waals surface area (Å²) in [4.78, 5) is 34.3. The summed E-state index contributed by atoms with van der Waals surface area (Å²) in [6.45, 7) is 4.00. The third-order valence-corrected chi connectivity index (χ3v) is 5.38. The van der Waals surface area contributed by atoms with Gasteiger partial charge in [0, 0.05) is 50.2 Å². The zero-order valence-corrected chi connectivity index (χ0v) is 17.3. The lowest BCUT2D eigenvalue weighted by Gasteiger charge is -2.46. The van der Waals surface area contributed by atoms with Crippen LogP contribution in [0.4, 0.5) is 5.69 Å². The van der Waals surface area contributed by atoms with E-state index in [0.29, 0.717) is 0 Å². The van der Waals surface area contributed by atoms with Crippen LogP contribution >= 0.6 is 0 Å². The molecular weight excluding hydrogens is 402 g/mol. The first kappa shape index (κ1) is 23.9. The highest BCUT2D eigenvalue weighted by atomic mass is 16.3. The number of hydrogen-bond acceptors (Lipinski definition) is 6. The maximum atomic E-state index is 13.2. The number of rotatable bonds is 5. The second-order valence-corrected chi connectivity index (χ2v) is 7.31. The number of carbonyl (C=O) groups excluding carboxylic acids is 1. The number of anilines is 1. The van der Waals surface area contributed by atoms with E-state index in [1.165, 1.54) is 5.56 Å². The van der Waals surface area contributed by atoms with Crippen LogP contribution in [0.2, 0.25) is 0 Å². The zero-order chi connectivity index (χ0) is 22.5. The minimum atomic E-state index is -0.478. The summed E-state index contributed by atoms with van der Waals surface area (Å²) in [5.41, 5.74) is 1.74. The highest BCUT2D eigenvalue weighted by molar-refractivity contribution is 5.90. The molecule has 0 aliphatic carbocycles. The first-order valence-electron chi connectivity index (χ1n) is 10.1. The maximum absolute atomic E-state index is 13.2. The highest BCUT2D eigenvalue weighted by Gasteiger charge is 2.44. The predicted molar refractivity (Wildman–Crippen MR) is 114 cm³/mol. The molecule has 2 fully saturated rings. The Morgan fingerprint density at radius 3 is 2.19 bits per heavy atom. The van der Waals surface area contributed by atoms with Gasteiger partial charge in [0.25, 0.3) is 12.9 Å². The lowest BCUT2D eigenvalue weighted by Crippen LogP contribution is -2.61. The third-order valence-electron chi connectivity index (χ3n) is 5.38. The largest absolute Gasteiger partial charge is 0.483 e. The second kappa shape index (κ2) is 12.3. The lowest BCUT2D eigenvalue weighted by atomic mass is 9.84. The maximum Gasteiger partial charge on any atom is 0.290 e. The molecule has 0 spiro atoms. The Labute approximate surface area is 180 Å². The van der Waals surface area contributed by atoms with Gasteiger partial charge in [-0.05, 0) is 31.4 Å². The molecule has 2 aliphatic rings. The summed E-state index contributed by atoms with van der Waals surface area (Å²) < 4.78 is 0. The number of nitrogens with zero attached hydrogens (tertiary/aromatic N) is 3. The van der Waals surface area contributed by atoms with Crippen LogP contribution in [-0.2, 0) is 20.9 Å². The number of amides is 1. The molecule has 4 N–H and O–H groups in total. The van der Waals surface area contributed by atoms with E-state index in [1.54, 1.807) is 0 Å². The van der Waals surface area contributed by atoms with Gasteiger partial charge < -0.3 is 20.4 Å². The Morgan fingerprint density at radius 2 is 1.71 bits per heavy atom. The van der Waals surface area contributed by atoms with E-state index in [0.717, 1.165) is 57.7 Å². The molecule has 0 bridgehead atoms. The lowest BCUT2D eigenvalue weighted by molar-refractivity contribution is -0.141. The molecule has 2 saturated heterocycles. The van der Waals surface area contributed by atoms with Crippen molar-refractivity contribution in [3.05, 3.63) is 48.3 Å². The van der Waals surface area contributed by atoms with Gasteiger partial charge in [0.05, 0.1) is 6.20 Å². The Morgan fingerprint density at radius 1 is 1.10 bits per heavy atom. The Bertz CT molecular complexity index is 782. The van der Waals surface area contributed by atoms with E-state index >= 15 is 0 Å². The van der Waals surface area contributed by atoms with Crippen LogP contribution in [-0.4, -0.2) is 80.8 Å². The number of aromatic nitrogens is 2. The van der Waals surface area contributed by atoms with Gasteiger partial charge >= 0.3 is 0 Å². The number of carboxylic acid groups (broad SMARTS) is 2. The molecule has 1 amide bonds. The number of likely N-dealkylation sites (tertiary alicyclic amines) is 2. The van der Waals surface area contributed by atoms with Crippen molar-refractivity contribution in [3.8, 4) is 0 Å². The van der Waals surface area contributed by atoms with Crippen LogP contribution in [0.1, 0.15) is 24.8 Å². The first-order valence-corrected chi connectivity index (χ1v) is 10.1. The quantitative estimate of drug-likeness (QED) is 0.522. The van der Waals surface area contributed by atoms with Crippen molar-refractivity contribution in [2.45, 2.75) is 31.3 Å². The normalized spacial score (nSPS) is 17.0. The van der Waals surface area contributed by atoms with Crippen LogP contribution < -0.4 is 5.32 Å². The molecule has 1 aromatic carbocycles. The molecule has 4 rings (SSSR count). The van der Waals surface area contributed by atoms with Crippen molar-refractivity contribution in [2.75, 3.05) is 31.5 Å². The van der Waals surface area contributed by atoms with Gasteiger partial charge in [-0.3, -0.25) is 24.4 Å². The fourth-order valence-electron chi connectivity index (χ4n) is 3.73. The summed E-state index contributed by atoms with van der Waals surface area (Å²) in [7, 11) is 0. The second-order valence-electron chi connectivity index (χ2n) is 7.31. The number of H-pyrrole nitrogens is 1. The van der Waals surface area contributed by atoms with Crippen LogP contribution in [0.3, 0.4) is 0 Å². The van der Waals surface area contributed by atoms with Crippen LogP contribution in [0.25, 0.3) is 0 Å². The van der Waals surface area contributed by atoms with E-state index < -0.39 is 5.54 Å². The number of hydrogen-bond donors (Lipinski definition) is 4. The number of carbonyl (C=O) groups is 3. The summed E-state index contributed by atoms with van der Waals surface area (Å²) >= 11 is 0. The standard InChI is InChI=1S/C19H25N5O.2CH2O2/c25-18(24-9-4-10-24)19(22-17-5-2-1-3-6-17)7-11-23(12-8-19)15-16-13-20-21-14-16;2*2-1-3/h1-3,5-6,13-14,22H,4,7-12,15H2,(H,20,21);2*1H,(H,2,3). The average molecular weight is 431 g/mol. The van der Waals surface area contributed by atoms with E-state index in [-0.39, 0.29) is 18.9 Å². The van der Waals surface area contributed by atoms with Gasteiger partial charge in [0.15, 0.2) is 0 Å². The fourth-order valence-corrected chi connectivity index (χ4v) is 3.73. The highest BCUT2D eigenvalue weighted by Crippen LogP contribution is 2.31. The molecule has 2 aromatic rings. The minimum absolute atomic E-state index is 0.250. The van der Waals surface area contributed by atoms with E-state index in [4.69, 9.17) is 19.8 Å². The average Bonchev–Trinajstić information content (AvgIpc) is 3.23. The summed E-state index contributed by atoms with van der Waals surface area (Å²) in [5.74, 6) is 0.269. The fraction of sp³-hybridized carbons (Fsp3) is 0.429. The van der Waals surface area contributed by atoms with Crippen LogP contribution in [0, 0.1) is 0 Å². The van der Waals surface area contributed by atoms with E-state index in [2.05, 4.69) is 20.4 Å². The predicted octanol–water partition coefficient (Wildman–Crippen LogP) is 1.49. The topological polar surface area (TPSA) is 139 Å². The summed E-state index contributed by atoms with van der Waals surface area (Å²) in [5, 5.41) is 24.2. The molecule has 2 aliphatic heterocycles. The Hall–Kier alpha value is -3.40. The number of para-hydroxylation sites is 1. The molecule has 31 heavy (non-hydrogen) atoms. The third kappa shape index (κ3) is 6.82. The molecule has 0 radical (unpaired) electrons. The van der Waals surface area contributed by atoms with Gasteiger partial charge in [-0.2, -0.15) is 5.10 Å². The smallest absolute Gasteiger partial charge is 0.290 e. The van der Waals surface area contributed by atoms with Gasteiger partial charge in [-0.25, -0.2) is 0 Å². The Balaban J connectivity index is 0.000000513. The van der Waals surface area contributed by atoms with Crippen molar-refractivity contribution in [3.63, 3.8) is 0 Å². The molecule has 0 unspecified atom stereocenters. The zero-order valence-electron chi connectivity index (χ0n) is 17.3. The molecule has 0 saturated carbocycles. The van der Waals surface area contributed by atoms with Crippen LogP contribution in [0.5, 0.6) is 0 Å². The number of aromatic amines is 1. The minimum Gasteiger partial charge on any atom is -0.483 e. The van der Waals surface area contributed by atoms with Crippen LogP contribution in [0.15, 0.2) is 42.7 Å². The first-order chi connectivity index (χ1) is 15.1. The van der Waals surface area contributed by atoms with Gasteiger partial charge in [0.2, 0.25) is 5.91 Å². The molecular formula is C21H29N5O5. The van der Waals surface area contributed by atoms with Crippen molar-refractivity contribution < 1.29 is 24.6 Å².